The lowest BCUT2D eigenvalue weighted by Gasteiger charge is -2.29. The molecule has 1 saturated heterocycles. The first-order valence-electron chi connectivity index (χ1n) is 13.0. The van der Waals surface area contributed by atoms with Crippen LogP contribution in [-0.4, -0.2) is 61.0 Å². The Labute approximate surface area is 245 Å². The van der Waals surface area contributed by atoms with Crippen LogP contribution < -0.4 is 10.2 Å². The molecule has 1 aliphatic rings. The Morgan fingerprint density at radius 2 is 1.71 bits per heavy atom. The van der Waals surface area contributed by atoms with Gasteiger partial charge in [0.2, 0.25) is 0 Å². The number of carboxylic acid groups (broad SMARTS) is 1. The Morgan fingerprint density at radius 3 is 2.36 bits per heavy atom. The number of nitrogens with zero attached hydrogens (tertiary/aromatic N) is 2. The van der Waals surface area contributed by atoms with Crippen molar-refractivity contribution in [2.24, 2.45) is 0 Å². The predicted octanol–water partition coefficient (Wildman–Crippen LogP) is 4.80. The van der Waals surface area contributed by atoms with E-state index >= 15 is 8.78 Å². The zero-order chi connectivity index (χ0) is 30.2. The van der Waals surface area contributed by atoms with Gasteiger partial charge in [-0.2, -0.15) is 0 Å². The SMILES string of the molecule is Cc1ccc(-c2ccc(C[C@H](NC(=O)c3c(F)cc(N4CCS(=O)(=O)CC4)cc3F)C(=O)O)c3cccnc23)c(Cl)c1. The molecule has 0 aliphatic carbocycles. The summed E-state index contributed by atoms with van der Waals surface area (Å²) in [6, 6.07) is 13.0. The number of halogens is 3. The molecular weight excluding hydrogens is 588 g/mol. The molecule has 1 amide bonds. The lowest BCUT2D eigenvalue weighted by molar-refractivity contribution is -0.139. The van der Waals surface area contributed by atoms with E-state index in [4.69, 9.17) is 11.6 Å². The second-order valence-electron chi connectivity index (χ2n) is 10.1. The van der Waals surface area contributed by atoms with Gasteiger partial charge in [-0.25, -0.2) is 22.0 Å². The van der Waals surface area contributed by atoms with E-state index in [0.29, 0.717) is 21.5 Å². The molecule has 2 heterocycles. The Kier molecular flexibility index (Phi) is 8.16. The molecule has 4 aromatic rings. The summed E-state index contributed by atoms with van der Waals surface area (Å²) in [6.45, 7) is 2.04. The number of hydrogen-bond donors (Lipinski definition) is 2. The molecule has 1 aliphatic heterocycles. The van der Waals surface area contributed by atoms with E-state index in [1.54, 1.807) is 30.5 Å². The number of hydrogen-bond acceptors (Lipinski definition) is 6. The fourth-order valence-electron chi connectivity index (χ4n) is 5.05. The number of fused-ring (bicyclic) bond motifs is 1. The Balaban J connectivity index is 1.40. The molecule has 1 atom stereocenters. The van der Waals surface area contributed by atoms with E-state index in [1.165, 1.54) is 4.90 Å². The number of carbonyl (C=O) groups excluding carboxylic acids is 1. The molecule has 0 bridgehead atoms. The largest absolute Gasteiger partial charge is 0.480 e. The van der Waals surface area contributed by atoms with Gasteiger partial charge in [-0.3, -0.25) is 9.78 Å². The molecular formula is C30H26ClF2N3O5S. The first kappa shape index (κ1) is 29.4. The van der Waals surface area contributed by atoms with Crippen molar-refractivity contribution in [3.63, 3.8) is 0 Å². The summed E-state index contributed by atoms with van der Waals surface area (Å²) >= 11 is 6.50. The number of benzene rings is 3. The number of sulfone groups is 1. The molecule has 1 aromatic heterocycles. The van der Waals surface area contributed by atoms with Crippen molar-refractivity contribution in [2.45, 2.75) is 19.4 Å². The lowest BCUT2D eigenvalue weighted by Crippen LogP contribution is -2.43. The smallest absolute Gasteiger partial charge is 0.326 e. The van der Waals surface area contributed by atoms with Crippen LogP contribution in [0.5, 0.6) is 0 Å². The minimum absolute atomic E-state index is 0.0611. The second kappa shape index (κ2) is 11.7. The van der Waals surface area contributed by atoms with Gasteiger partial charge in [-0.05, 0) is 42.3 Å². The standard InChI is InChI=1S/C30H26ClF2N3O5S/c1-17-4-6-21(23(31)13-17)22-7-5-18(20-3-2-8-34-28(20)22)14-26(30(38)39)35-29(37)27-24(32)15-19(16-25(27)33)36-9-11-42(40,41)12-10-36/h2-8,13,15-16,26H,9-12,14H2,1H3,(H,35,37)(H,38,39)/t26-/m0/s1. The Hall–Kier alpha value is -4.09. The third-order valence-corrected chi connectivity index (χ3v) is 9.19. The lowest BCUT2D eigenvalue weighted by atomic mass is 9.94. The van der Waals surface area contributed by atoms with Gasteiger partial charge in [-0.15, -0.1) is 0 Å². The molecule has 12 heteroatoms. The van der Waals surface area contributed by atoms with Crippen molar-refractivity contribution in [1.82, 2.24) is 10.3 Å². The normalized spacial score (nSPS) is 15.4. The molecule has 3 aromatic carbocycles. The highest BCUT2D eigenvalue weighted by atomic mass is 35.5. The number of carboxylic acids is 1. The van der Waals surface area contributed by atoms with E-state index in [2.05, 4.69) is 10.3 Å². The van der Waals surface area contributed by atoms with E-state index in [-0.39, 0.29) is 36.7 Å². The van der Waals surface area contributed by atoms with Crippen LogP contribution in [0.3, 0.4) is 0 Å². The molecule has 0 saturated carbocycles. The van der Waals surface area contributed by atoms with Crippen molar-refractivity contribution in [3.8, 4) is 11.1 Å². The monoisotopic (exact) mass is 613 g/mol. The topological polar surface area (TPSA) is 117 Å². The summed E-state index contributed by atoms with van der Waals surface area (Å²) < 4.78 is 53.4. The number of aryl methyl sites for hydroxylation is 1. The third-order valence-electron chi connectivity index (χ3n) is 7.27. The molecule has 2 N–H and O–H groups in total. The summed E-state index contributed by atoms with van der Waals surface area (Å²) in [5.41, 5.74) is 2.78. The molecule has 218 valence electrons. The maximum absolute atomic E-state index is 15.0. The number of carbonyl (C=O) groups is 2. The van der Waals surface area contributed by atoms with Crippen LogP contribution in [-0.2, 0) is 21.1 Å². The number of aromatic nitrogens is 1. The zero-order valence-electron chi connectivity index (χ0n) is 22.4. The highest BCUT2D eigenvalue weighted by Crippen LogP contribution is 2.35. The highest BCUT2D eigenvalue weighted by Gasteiger charge is 2.28. The van der Waals surface area contributed by atoms with Crippen molar-refractivity contribution >= 4 is 49.9 Å². The molecule has 5 rings (SSSR count). The van der Waals surface area contributed by atoms with Crippen LogP contribution in [0.4, 0.5) is 14.5 Å². The van der Waals surface area contributed by atoms with E-state index in [0.717, 1.165) is 28.8 Å². The maximum atomic E-state index is 15.0. The van der Waals surface area contributed by atoms with Gasteiger partial charge < -0.3 is 15.3 Å². The fourth-order valence-corrected chi connectivity index (χ4v) is 6.58. The van der Waals surface area contributed by atoms with Crippen molar-refractivity contribution < 1.29 is 31.9 Å². The summed E-state index contributed by atoms with van der Waals surface area (Å²) in [4.78, 5) is 31.1. The average Bonchev–Trinajstić information content (AvgIpc) is 2.92. The van der Waals surface area contributed by atoms with Crippen molar-refractivity contribution in [3.05, 3.63) is 94.1 Å². The summed E-state index contributed by atoms with van der Waals surface area (Å²) in [6.07, 6.45) is 1.42. The first-order valence-corrected chi connectivity index (χ1v) is 15.2. The molecule has 1 fully saturated rings. The maximum Gasteiger partial charge on any atom is 0.326 e. The van der Waals surface area contributed by atoms with Crippen LogP contribution in [0.15, 0.2) is 60.8 Å². The first-order chi connectivity index (χ1) is 19.9. The molecule has 42 heavy (non-hydrogen) atoms. The van der Waals surface area contributed by atoms with Crippen molar-refractivity contribution in [2.75, 3.05) is 29.5 Å². The third kappa shape index (κ3) is 6.07. The van der Waals surface area contributed by atoms with E-state index < -0.39 is 45.0 Å². The molecule has 0 unspecified atom stereocenters. The number of amides is 1. The van der Waals surface area contributed by atoms with E-state index in [9.17, 15) is 23.1 Å². The molecule has 0 radical (unpaired) electrons. The zero-order valence-corrected chi connectivity index (χ0v) is 24.0. The van der Waals surface area contributed by atoms with Crippen LogP contribution in [0.2, 0.25) is 5.02 Å². The Morgan fingerprint density at radius 1 is 1.05 bits per heavy atom. The number of aliphatic carboxylic acids is 1. The minimum atomic E-state index is -3.21. The van der Waals surface area contributed by atoms with Gasteiger partial charge >= 0.3 is 5.97 Å². The van der Waals surface area contributed by atoms with Crippen LogP contribution in [0.1, 0.15) is 21.5 Å². The van der Waals surface area contributed by atoms with Gasteiger partial charge in [0.25, 0.3) is 5.91 Å². The van der Waals surface area contributed by atoms with Gasteiger partial charge in [0.1, 0.15) is 23.2 Å². The fraction of sp³-hybridized carbons (Fsp3) is 0.233. The molecule has 0 spiro atoms. The average molecular weight is 614 g/mol. The summed E-state index contributed by atoms with van der Waals surface area (Å²) in [5.74, 6) is -5.29. The van der Waals surface area contributed by atoms with Gasteiger partial charge in [0.15, 0.2) is 9.84 Å². The number of nitrogens with one attached hydrogen (secondary N) is 1. The minimum Gasteiger partial charge on any atom is -0.480 e. The quantitative estimate of drug-likeness (QED) is 0.307. The van der Waals surface area contributed by atoms with Crippen LogP contribution in [0.25, 0.3) is 22.0 Å². The van der Waals surface area contributed by atoms with Gasteiger partial charge in [0, 0.05) is 52.9 Å². The summed E-state index contributed by atoms with van der Waals surface area (Å²) in [7, 11) is -3.21. The van der Waals surface area contributed by atoms with Gasteiger partial charge in [-0.1, -0.05) is 41.9 Å². The summed E-state index contributed by atoms with van der Waals surface area (Å²) in [5, 5.41) is 13.3. The number of anilines is 1. The van der Waals surface area contributed by atoms with Crippen LogP contribution >= 0.6 is 11.6 Å². The van der Waals surface area contributed by atoms with Gasteiger partial charge in [0.05, 0.1) is 17.0 Å². The number of rotatable bonds is 7. The highest BCUT2D eigenvalue weighted by molar-refractivity contribution is 7.91. The van der Waals surface area contributed by atoms with Crippen molar-refractivity contribution in [1.29, 1.82) is 0 Å². The van der Waals surface area contributed by atoms with Crippen LogP contribution in [0, 0.1) is 18.6 Å². The number of pyridine rings is 1. The second-order valence-corrected chi connectivity index (χ2v) is 12.9. The predicted molar refractivity (Wildman–Crippen MR) is 157 cm³/mol. The van der Waals surface area contributed by atoms with E-state index in [1.807, 2.05) is 25.1 Å². The Bertz CT molecular complexity index is 1800. The molecule has 8 nitrogen and oxygen atoms in total.